The van der Waals surface area contributed by atoms with Crippen molar-refractivity contribution in [3.63, 3.8) is 0 Å². The highest BCUT2D eigenvalue weighted by Gasteiger charge is 2.42. The molecule has 4 aromatic rings. The van der Waals surface area contributed by atoms with E-state index in [1.165, 1.54) is 0 Å². The van der Waals surface area contributed by atoms with Gasteiger partial charge in [-0.3, -0.25) is 4.11 Å². The van der Waals surface area contributed by atoms with Gasteiger partial charge in [0, 0.05) is 5.19 Å². The molecule has 0 aliphatic carbocycles. The van der Waals surface area contributed by atoms with Gasteiger partial charge in [0.1, 0.15) is 0 Å². The average Bonchev–Trinajstić information content (AvgIpc) is 2.79. The molecule has 0 aliphatic rings. The summed E-state index contributed by atoms with van der Waals surface area (Å²) in [6, 6.07) is 35.7. The Morgan fingerprint density at radius 1 is 0.500 bits per heavy atom. The van der Waals surface area contributed by atoms with E-state index in [1.807, 2.05) is 115 Å². The molecule has 2 nitrogen and oxygen atoms in total. The highest BCUT2D eigenvalue weighted by molar-refractivity contribution is 7.07. The number of benzene rings is 4. The standard InChI is InChI=1S/C24H19FN2Si/c25-28(21-14-6-2-7-15-21,22-16-8-3-9-17-22)24-19-11-10-18-23(24)27-26-20-12-4-1-5-13-20/h1-19H. The number of rotatable bonds is 5. The topological polar surface area (TPSA) is 24.7 Å². The van der Waals surface area contributed by atoms with E-state index in [1.54, 1.807) is 0 Å². The van der Waals surface area contributed by atoms with E-state index in [4.69, 9.17) is 0 Å². The first-order valence-electron chi connectivity index (χ1n) is 9.15. The van der Waals surface area contributed by atoms with Crippen LogP contribution in [0.5, 0.6) is 0 Å². The van der Waals surface area contributed by atoms with Gasteiger partial charge in [-0.2, -0.15) is 10.2 Å². The third-order valence-corrected chi connectivity index (χ3v) is 8.07. The first-order chi connectivity index (χ1) is 13.8. The van der Waals surface area contributed by atoms with Crippen molar-refractivity contribution in [3.05, 3.63) is 115 Å². The Hall–Kier alpha value is -3.37. The van der Waals surface area contributed by atoms with Crippen molar-refractivity contribution < 1.29 is 4.11 Å². The van der Waals surface area contributed by atoms with Crippen molar-refractivity contribution in [1.82, 2.24) is 0 Å². The van der Waals surface area contributed by atoms with E-state index in [9.17, 15) is 0 Å². The molecule has 0 N–H and O–H groups in total. The zero-order valence-corrected chi connectivity index (χ0v) is 16.2. The quantitative estimate of drug-likeness (QED) is 0.200. The molecule has 0 heterocycles. The van der Waals surface area contributed by atoms with Gasteiger partial charge in [-0.1, -0.05) is 97.1 Å². The zero-order chi connectivity index (χ0) is 19.2. The number of hydrogen-bond donors (Lipinski definition) is 0. The highest BCUT2D eigenvalue weighted by Crippen LogP contribution is 2.20. The van der Waals surface area contributed by atoms with Gasteiger partial charge in [-0.15, -0.1) is 0 Å². The molecule has 0 aromatic heterocycles. The largest absolute Gasteiger partial charge is 0.341 e. The third kappa shape index (κ3) is 3.55. The van der Waals surface area contributed by atoms with Crippen molar-refractivity contribution in [1.29, 1.82) is 0 Å². The maximum absolute atomic E-state index is 17.0. The van der Waals surface area contributed by atoms with Gasteiger partial charge in [0.15, 0.2) is 0 Å². The van der Waals surface area contributed by atoms with E-state index in [-0.39, 0.29) is 0 Å². The van der Waals surface area contributed by atoms with Crippen molar-refractivity contribution in [2.75, 3.05) is 0 Å². The van der Waals surface area contributed by atoms with Gasteiger partial charge in [0.25, 0.3) is 0 Å². The Morgan fingerprint density at radius 3 is 1.54 bits per heavy atom. The molecule has 0 bridgehead atoms. The molecule has 0 amide bonds. The molecule has 0 saturated carbocycles. The van der Waals surface area contributed by atoms with Crippen molar-refractivity contribution >= 4 is 35.3 Å². The van der Waals surface area contributed by atoms with Crippen LogP contribution in [-0.4, -0.2) is 8.41 Å². The summed E-state index contributed by atoms with van der Waals surface area (Å²) in [5.41, 5.74) is 1.30. The second-order valence-electron chi connectivity index (χ2n) is 6.44. The summed E-state index contributed by atoms with van der Waals surface area (Å²) >= 11 is 0. The van der Waals surface area contributed by atoms with E-state index in [0.29, 0.717) is 21.2 Å². The Balaban J connectivity index is 1.88. The smallest absolute Gasteiger partial charge is 0.296 e. The van der Waals surface area contributed by atoms with Crippen molar-refractivity contribution in [2.45, 2.75) is 0 Å². The molecule has 136 valence electrons. The Bertz CT molecular complexity index is 1030. The summed E-state index contributed by atoms with van der Waals surface area (Å²) in [6.07, 6.45) is 0. The van der Waals surface area contributed by atoms with Crippen molar-refractivity contribution in [3.8, 4) is 0 Å². The van der Waals surface area contributed by atoms with E-state index in [2.05, 4.69) is 10.2 Å². The molecule has 0 spiro atoms. The fourth-order valence-electron chi connectivity index (χ4n) is 3.27. The van der Waals surface area contributed by atoms with Crippen LogP contribution in [-0.2, 0) is 0 Å². The summed E-state index contributed by atoms with van der Waals surface area (Å²) in [4.78, 5) is 0. The van der Waals surface area contributed by atoms with Gasteiger partial charge in [0.05, 0.1) is 11.4 Å². The van der Waals surface area contributed by atoms with Gasteiger partial charge in [0.2, 0.25) is 0 Å². The van der Waals surface area contributed by atoms with Crippen LogP contribution in [0.4, 0.5) is 15.5 Å². The normalized spacial score (nSPS) is 11.6. The van der Waals surface area contributed by atoms with Crippen LogP contribution in [0, 0.1) is 0 Å². The number of nitrogens with zero attached hydrogens (tertiary/aromatic N) is 2. The molecule has 0 unspecified atom stereocenters. The lowest BCUT2D eigenvalue weighted by atomic mass is 10.3. The molecule has 28 heavy (non-hydrogen) atoms. The van der Waals surface area contributed by atoms with E-state index < -0.39 is 8.41 Å². The summed E-state index contributed by atoms with van der Waals surface area (Å²) in [6.45, 7) is 0. The molecule has 4 aromatic carbocycles. The predicted octanol–water partition coefficient (Wildman–Crippen LogP) is 5.04. The SMILES string of the molecule is F[Si](c1ccccc1)(c1ccccc1)c1ccccc1N=Nc1ccccc1. The van der Waals surface area contributed by atoms with Gasteiger partial charge >= 0.3 is 8.41 Å². The molecule has 4 heteroatoms. The summed E-state index contributed by atoms with van der Waals surface area (Å²) in [5.74, 6) is 0. The monoisotopic (exact) mass is 382 g/mol. The molecular formula is C24H19FN2Si. The fraction of sp³-hybridized carbons (Fsp3) is 0. The van der Waals surface area contributed by atoms with Gasteiger partial charge in [-0.25, -0.2) is 0 Å². The predicted molar refractivity (Wildman–Crippen MR) is 116 cm³/mol. The minimum Gasteiger partial charge on any atom is -0.296 e. The Kier molecular flexibility index (Phi) is 5.22. The van der Waals surface area contributed by atoms with E-state index >= 15 is 4.11 Å². The van der Waals surface area contributed by atoms with Crippen LogP contribution in [0.1, 0.15) is 0 Å². The second-order valence-corrected chi connectivity index (χ2v) is 9.45. The first kappa shape index (κ1) is 18.0. The molecule has 0 aliphatic heterocycles. The third-order valence-electron chi connectivity index (χ3n) is 4.65. The van der Waals surface area contributed by atoms with Crippen LogP contribution < -0.4 is 15.6 Å². The lowest BCUT2D eigenvalue weighted by molar-refractivity contribution is 0.842. The average molecular weight is 383 g/mol. The Labute approximate surface area is 165 Å². The maximum Gasteiger partial charge on any atom is 0.341 e. The lowest BCUT2D eigenvalue weighted by Crippen LogP contribution is -2.63. The molecule has 0 fully saturated rings. The molecule has 4 rings (SSSR count). The van der Waals surface area contributed by atoms with Gasteiger partial charge < -0.3 is 0 Å². The van der Waals surface area contributed by atoms with E-state index in [0.717, 1.165) is 5.69 Å². The molecule has 0 saturated heterocycles. The number of hydrogen-bond acceptors (Lipinski definition) is 2. The summed E-state index contributed by atoms with van der Waals surface area (Å²) in [7, 11) is -3.71. The van der Waals surface area contributed by atoms with Gasteiger partial charge in [-0.05, 0) is 28.6 Å². The van der Waals surface area contributed by atoms with Crippen molar-refractivity contribution in [2.24, 2.45) is 10.2 Å². The number of azo groups is 1. The van der Waals surface area contributed by atoms with Crippen LogP contribution in [0.3, 0.4) is 0 Å². The van der Waals surface area contributed by atoms with Crippen LogP contribution in [0.2, 0.25) is 0 Å². The van der Waals surface area contributed by atoms with Crippen LogP contribution in [0.15, 0.2) is 125 Å². The number of halogens is 1. The minimum absolute atomic E-state index is 0.563. The second kappa shape index (κ2) is 8.11. The van der Waals surface area contributed by atoms with Crippen LogP contribution in [0.25, 0.3) is 0 Å². The molecule has 0 radical (unpaired) electrons. The lowest BCUT2D eigenvalue weighted by Gasteiger charge is -2.25. The Morgan fingerprint density at radius 2 is 0.964 bits per heavy atom. The first-order valence-corrected chi connectivity index (χ1v) is 11.0. The zero-order valence-electron chi connectivity index (χ0n) is 15.2. The molecule has 0 atom stereocenters. The minimum atomic E-state index is -3.71. The van der Waals surface area contributed by atoms with Crippen LogP contribution >= 0.6 is 0 Å². The maximum atomic E-state index is 17.0. The summed E-state index contributed by atoms with van der Waals surface area (Å²) < 4.78 is 17.0. The summed E-state index contributed by atoms with van der Waals surface area (Å²) in [5, 5.41) is 10.7. The fourth-order valence-corrected chi connectivity index (χ4v) is 6.34. The molecular weight excluding hydrogens is 363 g/mol. The highest BCUT2D eigenvalue weighted by atomic mass is 28.4.